The molecule has 368 valence electrons. The quantitative estimate of drug-likeness (QED) is 0.0677. The monoisotopic (exact) mass is 950 g/mol. The Bertz CT molecular complexity index is 2400. The van der Waals surface area contributed by atoms with Gasteiger partial charge >= 0.3 is 0 Å². The molecule has 0 amide bonds. The van der Waals surface area contributed by atoms with Crippen molar-refractivity contribution in [2.24, 2.45) is 0 Å². The number of hydrogen-bond acceptors (Lipinski definition) is 15. The van der Waals surface area contributed by atoms with Crippen molar-refractivity contribution in [1.82, 2.24) is 19.9 Å². The number of nitrogens with one attached hydrogen (secondary N) is 2. The summed E-state index contributed by atoms with van der Waals surface area (Å²) in [6.07, 6.45) is -4.97. The van der Waals surface area contributed by atoms with E-state index in [-0.39, 0.29) is 36.3 Å². The smallest absolute Gasteiger partial charge is 0.188 e. The van der Waals surface area contributed by atoms with Crippen molar-refractivity contribution in [2.45, 2.75) is 161 Å². The molecule has 3 aromatic rings. The normalized spacial score (nSPS) is 27.2. The second-order valence-electron chi connectivity index (χ2n) is 18.4. The number of aliphatic hydroxyl groups excluding tert-OH is 6. The minimum atomic E-state index is -1.51. The predicted molar refractivity (Wildman–Crippen MR) is 256 cm³/mol. The van der Waals surface area contributed by atoms with Gasteiger partial charge in [0.2, 0.25) is 0 Å². The van der Waals surface area contributed by atoms with Gasteiger partial charge in [-0.2, -0.15) is 0 Å². The van der Waals surface area contributed by atoms with Gasteiger partial charge in [0.05, 0.1) is 56.1 Å². The van der Waals surface area contributed by atoms with Crippen LogP contribution in [0.25, 0.3) is 33.2 Å². The second-order valence-corrected chi connectivity index (χ2v) is 19.6. The topological polar surface area (TPSA) is 242 Å². The fourth-order valence-electron chi connectivity index (χ4n) is 9.72. The number of carbonyl (C=O) groups excluding carboxylic acids is 1. The zero-order valence-electron chi connectivity index (χ0n) is 39.8. The van der Waals surface area contributed by atoms with Gasteiger partial charge in [0.25, 0.3) is 0 Å². The molecule has 17 heteroatoms. The number of H-pyrrole nitrogens is 2. The maximum Gasteiger partial charge on any atom is 0.188 e. The van der Waals surface area contributed by atoms with Crippen LogP contribution in [0, 0.1) is 20.8 Å². The molecule has 0 radical (unpaired) electrons. The molecule has 8 bridgehead atoms. The number of nitrogens with zero attached hydrogens (tertiary/aromatic N) is 2. The lowest BCUT2D eigenvalue weighted by atomic mass is 9.86. The summed E-state index contributed by atoms with van der Waals surface area (Å²) in [7, 11) is 0. The number of hydrogen-bond donors (Lipinski definition) is 8. The lowest BCUT2D eigenvalue weighted by Gasteiger charge is -2.39. The van der Waals surface area contributed by atoms with E-state index in [9.17, 15) is 35.4 Å². The summed E-state index contributed by atoms with van der Waals surface area (Å²) < 4.78 is 29.2. The molecule has 0 aromatic carbocycles. The van der Waals surface area contributed by atoms with E-state index < -0.39 is 55.8 Å². The molecule has 4 aliphatic rings. The molecular weight excluding hydrogens is 881 g/mol. The van der Waals surface area contributed by atoms with Crippen LogP contribution in [0.5, 0.6) is 0 Å². The first-order valence-corrected chi connectivity index (χ1v) is 24.8. The third kappa shape index (κ3) is 11.7. The zero-order valence-corrected chi connectivity index (χ0v) is 40.6. The Morgan fingerprint density at radius 1 is 0.836 bits per heavy atom. The van der Waals surface area contributed by atoms with Gasteiger partial charge in [0.1, 0.15) is 24.4 Å². The van der Waals surface area contributed by atoms with Crippen molar-refractivity contribution < 1.29 is 59.1 Å². The predicted octanol–water partition coefficient (Wildman–Crippen LogP) is 6.06. The number of aliphatic hydroxyl groups is 6. The molecule has 16 nitrogen and oxygen atoms in total. The van der Waals surface area contributed by atoms with Crippen LogP contribution in [-0.2, 0) is 28.5 Å². The standard InChI is InChI=1S/C50H70N4O12S/c1-8-33-26(3)37-22-41-45(30(7)62-13-9-14-64-50-49(61)48(60)47(59)42(24-56)66-50)28(5)39(53-41)21-38-27(4)34(46(54-38)29(6)36-17-25(2)35(51-36)20-40(33)52-37)11-12-43(58)67-16-10-15-63-44-19-31(57)18-32(23-55)65-44/h17,20-22,27,30-32,34,42,44,47-51,53,55-57,59-61H,8-16,18-19,23-24H2,1-7H3/t27-,30?,31-,32-,34-,42+,44+,47+,48-,49+,50+/m0/s1. The first-order valence-electron chi connectivity index (χ1n) is 23.8. The summed E-state index contributed by atoms with van der Waals surface area (Å²) in [5.41, 5.74) is 13.8. The SMILES string of the molecule is CCC1=C(C)c2cc3[nH]c(cc4nc(c(C)c5cc(C)c(cc1n2)[nH]5)[C@@H](CCC(=O)SCCCO[C@H]1C[C@@H](O)C[C@@H](CO)O1)[C@@H]4C)c(C)c3C(C)OCCCO[C@@H]1O[C@H](CO)[C@@H](O)[C@H](O)[C@H]1O. The van der Waals surface area contributed by atoms with Gasteiger partial charge in [-0.15, -0.1) is 0 Å². The summed E-state index contributed by atoms with van der Waals surface area (Å²) in [5.74, 6) is 0.592. The summed E-state index contributed by atoms with van der Waals surface area (Å²) >= 11 is 1.31. The number of carbonyl (C=O) groups is 1. The number of thioether (sulfide) groups is 1. The highest BCUT2D eigenvalue weighted by atomic mass is 32.2. The summed E-state index contributed by atoms with van der Waals surface area (Å²) in [6, 6.07) is 8.52. The Kier molecular flexibility index (Phi) is 17.5. The maximum absolute atomic E-state index is 13.4. The largest absolute Gasteiger partial charge is 0.394 e. The minimum Gasteiger partial charge on any atom is -0.394 e. The number of aromatic amines is 2. The Labute approximate surface area is 396 Å². The van der Waals surface area contributed by atoms with E-state index in [0.717, 1.165) is 79.1 Å². The highest BCUT2D eigenvalue weighted by Gasteiger charge is 2.44. The highest BCUT2D eigenvalue weighted by Crippen LogP contribution is 2.43. The summed E-state index contributed by atoms with van der Waals surface area (Å²) in [6.45, 7) is 14.9. The number of rotatable bonds is 18. The molecule has 11 atom stereocenters. The average Bonchev–Trinajstić information content (AvgIpc) is 4.02. The van der Waals surface area contributed by atoms with E-state index in [4.69, 9.17) is 33.7 Å². The van der Waals surface area contributed by atoms with Crippen LogP contribution < -0.4 is 0 Å². The molecule has 0 aliphatic carbocycles. The third-order valence-corrected chi connectivity index (χ3v) is 14.8. The van der Waals surface area contributed by atoms with Crippen LogP contribution in [0.3, 0.4) is 0 Å². The van der Waals surface area contributed by atoms with Gasteiger partial charge < -0.3 is 64.3 Å². The van der Waals surface area contributed by atoms with Crippen molar-refractivity contribution in [3.63, 3.8) is 0 Å². The molecule has 8 N–H and O–H groups in total. The van der Waals surface area contributed by atoms with Gasteiger partial charge in [0.15, 0.2) is 17.7 Å². The van der Waals surface area contributed by atoms with Gasteiger partial charge in [-0.1, -0.05) is 25.6 Å². The number of ether oxygens (including phenoxy) is 5. The summed E-state index contributed by atoms with van der Waals surface area (Å²) in [4.78, 5) is 31.3. The van der Waals surface area contributed by atoms with Gasteiger partial charge in [-0.25, -0.2) is 4.98 Å². The van der Waals surface area contributed by atoms with Gasteiger partial charge in [-0.05, 0) is 112 Å². The Balaban J connectivity index is 1.13. The molecule has 2 fully saturated rings. The van der Waals surface area contributed by atoms with Gasteiger partial charge in [0, 0.05) is 82.5 Å². The number of allylic oxidation sites excluding steroid dienone is 2. The number of aryl methyl sites for hydroxylation is 3. The molecule has 4 aliphatic heterocycles. The van der Waals surface area contributed by atoms with Crippen molar-refractivity contribution >= 4 is 50.1 Å². The lowest BCUT2D eigenvalue weighted by molar-refractivity contribution is -0.301. The summed E-state index contributed by atoms with van der Waals surface area (Å²) in [5, 5.41) is 59.9. The lowest BCUT2D eigenvalue weighted by Crippen LogP contribution is -2.59. The van der Waals surface area contributed by atoms with E-state index in [2.05, 4.69) is 75.8 Å². The molecular formula is C50H70N4O12S. The van der Waals surface area contributed by atoms with Crippen molar-refractivity contribution in [1.29, 1.82) is 0 Å². The Hall–Kier alpha value is -3.56. The van der Waals surface area contributed by atoms with Crippen LogP contribution in [0.15, 0.2) is 24.3 Å². The van der Waals surface area contributed by atoms with Crippen molar-refractivity contribution in [3.05, 3.63) is 69.3 Å². The average molecular weight is 951 g/mol. The third-order valence-electron chi connectivity index (χ3n) is 13.7. The van der Waals surface area contributed by atoms with Crippen LogP contribution >= 0.6 is 11.8 Å². The molecule has 3 aromatic heterocycles. The molecule has 1 unspecified atom stereocenters. The first-order chi connectivity index (χ1) is 32.1. The van der Waals surface area contributed by atoms with E-state index in [1.54, 1.807) is 0 Å². The molecule has 2 saturated heterocycles. The van der Waals surface area contributed by atoms with Crippen molar-refractivity contribution in [2.75, 3.05) is 38.8 Å². The molecule has 7 heterocycles. The fourth-order valence-corrected chi connectivity index (χ4v) is 10.5. The van der Waals surface area contributed by atoms with Crippen molar-refractivity contribution in [3.8, 4) is 0 Å². The zero-order chi connectivity index (χ0) is 48.1. The fraction of sp³-hybridized carbons (Fsp3) is 0.620. The van der Waals surface area contributed by atoms with Gasteiger partial charge in [-0.3, -0.25) is 9.78 Å². The van der Waals surface area contributed by atoms with E-state index in [1.807, 2.05) is 6.92 Å². The van der Waals surface area contributed by atoms with Crippen LogP contribution in [0.4, 0.5) is 0 Å². The van der Waals surface area contributed by atoms with E-state index in [1.165, 1.54) is 17.3 Å². The maximum atomic E-state index is 13.4. The van der Waals surface area contributed by atoms with E-state index >= 15 is 0 Å². The highest BCUT2D eigenvalue weighted by molar-refractivity contribution is 8.13. The van der Waals surface area contributed by atoms with E-state index in [0.29, 0.717) is 57.5 Å². The number of aromatic nitrogens is 4. The molecule has 0 saturated carbocycles. The second kappa shape index (κ2) is 22.9. The van der Waals surface area contributed by atoms with Crippen LogP contribution in [0.2, 0.25) is 0 Å². The molecule has 7 rings (SSSR count). The minimum absolute atomic E-state index is 0.00620. The molecule has 67 heavy (non-hydrogen) atoms. The Morgan fingerprint density at radius 2 is 1.57 bits per heavy atom. The molecule has 0 spiro atoms. The number of fused-ring (bicyclic) bond motifs is 8. The van der Waals surface area contributed by atoms with Crippen LogP contribution in [-0.4, -0.2) is 144 Å². The first kappa shape index (κ1) is 51.3. The van der Waals surface area contributed by atoms with Crippen LogP contribution in [0.1, 0.15) is 136 Å². The Morgan fingerprint density at radius 3 is 2.31 bits per heavy atom.